The number of nitrogens with one attached hydrogen (secondary N) is 4. The second kappa shape index (κ2) is 20.1. The van der Waals surface area contributed by atoms with Crippen molar-refractivity contribution in [3.8, 4) is 5.75 Å². The molecule has 0 saturated carbocycles. The topological polar surface area (TPSA) is 267 Å². The van der Waals surface area contributed by atoms with E-state index in [1.54, 1.807) is 13.3 Å². The van der Waals surface area contributed by atoms with Crippen LogP contribution in [0.5, 0.6) is 5.75 Å². The van der Waals surface area contributed by atoms with Gasteiger partial charge in [0.1, 0.15) is 17.8 Å². The summed E-state index contributed by atoms with van der Waals surface area (Å²) in [7, 11) is 1.58. The van der Waals surface area contributed by atoms with E-state index in [2.05, 4.69) is 78.7 Å². The number of carbonyl (C=O) groups excluding carboxylic acids is 3. The van der Waals surface area contributed by atoms with Gasteiger partial charge in [0.05, 0.1) is 22.1 Å². The van der Waals surface area contributed by atoms with Crippen LogP contribution >= 0.6 is 47.8 Å². The monoisotopic (exact) mass is 883 g/mol. The number of ether oxygens (including phenoxy) is 1. The van der Waals surface area contributed by atoms with Crippen molar-refractivity contribution in [1.82, 2.24) is 20.9 Å². The predicted octanol–water partition coefficient (Wildman–Crippen LogP) is 1.77. The van der Waals surface area contributed by atoms with Gasteiger partial charge in [-0.1, -0.05) is 22.0 Å². The number of guanidine groups is 2. The number of H-pyrrole nitrogens is 1. The third-order valence-corrected chi connectivity index (χ3v) is 9.32. The molecule has 0 saturated heterocycles. The fourth-order valence-corrected chi connectivity index (χ4v) is 7.10. The highest BCUT2D eigenvalue weighted by Gasteiger charge is 2.29. The van der Waals surface area contributed by atoms with Crippen molar-refractivity contribution < 1.29 is 19.1 Å². The predicted molar refractivity (Wildman–Crippen MR) is 206 cm³/mol. The van der Waals surface area contributed by atoms with E-state index in [0.29, 0.717) is 38.1 Å². The van der Waals surface area contributed by atoms with Crippen molar-refractivity contribution in [3.63, 3.8) is 0 Å². The summed E-state index contributed by atoms with van der Waals surface area (Å²) in [5, 5.41) is 9.45. The van der Waals surface area contributed by atoms with Crippen molar-refractivity contribution in [2.75, 3.05) is 26.7 Å². The Balaban J connectivity index is 1.78. The van der Waals surface area contributed by atoms with Gasteiger partial charge in [-0.05, 0) is 99.4 Å². The average Bonchev–Trinajstić information content (AvgIpc) is 3.44. The molecule has 0 unspecified atom stereocenters. The highest BCUT2D eigenvalue weighted by Crippen LogP contribution is 2.34. The van der Waals surface area contributed by atoms with Gasteiger partial charge in [-0.2, -0.15) is 0 Å². The molecule has 1 aromatic heterocycles. The number of benzene rings is 2. The summed E-state index contributed by atoms with van der Waals surface area (Å²) >= 11 is 10.5. The molecule has 50 heavy (non-hydrogen) atoms. The minimum atomic E-state index is -1.06. The molecular weight excluding hydrogens is 842 g/mol. The van der Waals surface area contributed by atoms with Gasteiger partial charge in [0.25, 0.3) is 0 Å². The Labute approximate surface area is 315 Å². The largest absolute Gasteiger partial charge is 0.494 e. The number of aliphatic imine (C=N–C) groups is 2. The van der Waals surface area contributed by atoms with Crippen molar-refractivity contribution in [2.45, 2.75) is 56.7 Å². The summed E-state index contributed by atoms with van der Waals surface area (Å²) in [5.74, 6) is -0.937. The first-order chi connectivity index (χ1) is 23.8. The molecule has 3 aromatic rings. The molecule has 0 aliphatic heterocycles. The summed E-state index contributed by atoms with van der Waals surface area (Å²) in [6.07, 6.45) is 3.82. The van der Waals surface area contributed by atoms with Gasteiger partial charge >= 0.3 is 0 Å². The average molecular weight is 886 g/mol. The van der Waals surface area contributed by atoms with E-state index in [9.17, 15) is 14.4 Å². The van der Waals surface area contributed by atoms with Crippen molar-refractivity contribution in [3.05, 3.63) is 61.1 Å². The van der Waals surface area contributed by atoms with Crippen LogP contribution in [0.1, 0.15) is 36.8 Å². The fourth-order valence-electron chi connectivity index (χ4n) is 5.14. The SMILES string of the molecule is COc1c(Br)cc(CCNC(=O)[C@H](CCCN=C(N)N)NC(=O)[C@H](Cc2c[nH]c3cc(Br)ccc23)NC(=O)[C@@H](N)CCCN=C(N)N)cc1Br. The van der Waals surface area contributed by atoms with E-state index in [1.165, 1.54) is 0 Å². The van der Waals surface area contributed by atoms with E-state index >= 15 is 0 Å². The van der Waals surface area contributed by atoms with Gasteiger partial charge in [-0.25, -0.2) is 0 Å². The third kappa shape index (κ3) is 12.8. The lowest BCUT2D eigenvalue weighted by molar-refractivity contribution is -0.132. The maximum Gasteiger partial charge on any atom is 0.243 e. The van der Waals surface area contributed by atoms with Crippen LogP contribution in [0.4, 0.5) is 0 Å². The van der Waals surface area contributed by atoms with E-state index in [1.807, 2.05) is 30.3 Å². The molecule has 3 amide bonds. The quantitative estimate of drug-likeness (QED) is 0.0482. The number of aromatic nitrogens is 1. The molecule has 0 spiro atoms. The van der Waals surface area contributed by atoms with Crippen LogP contribution in [-0.2, 0) is 27.2 Å². The molecule has 2 aromatic carbocycles. The number of aromatic amines is 1. The zero-order valence-corrected chi connectivity index (χ0v) is 32.4. The summed E-state index contributed by atoms with van der Waals surface area (Å²) < 4.78 is 7.79. The molecule has 18 heteroatoms. The highest BCUT2D eigenvalue weighted by atomic mass is 79.9. The first kappa shape index (κ1) is 40.6. The zero-order valence-electron chi connectivity index (χ0n) is 27.6. The minimum Gasteiger partial charge on any atom is -0.494 e. The molecule has 0 fully saturated rings. The highest BCUT2D eigenvalue weighted by molar-refractivity contribution is 9.11. The van der Waals surface area contributed by atoms with E-state index in [0.717, 1.165) is 35.4 Å². The molecule has 0 aliphatic carbocycles. The second-order valence-corrected chi connectivity index (χ2v) is 14.1. The van der Waals surface area contributed by atoms with Gasteiger partial charge in [0.2, 0.25) is 17.7 Å². The number of amides is 3. The number of hydrogen-bond donors (Lipinski definition) is 9. The molecule has 3 rings (SSSR count). The van der Waals surface area contributed by atoms with Gasteiger partial charge in [-0.3, -0.25) is 24.4 Å². The van der Waals surface area contributed by atoms with Crippen LogP contribution in [0, 0.1) is 0 Å². The fraction of sp³-hybridized carbons (Fsp3) is 0.406. The van der Waals surface area contributed by atoms with E-state index in [4.69, 9.17) is 33.4 Å². The Morgan fingerprint density at radius 1 is 0.860 bits per heavy atom. The van der Waals surface area contributed by atoms with Gasteiger partial charge < -0.3 is 54.3 Å². The van der Waals surface area contributed by atoms with Gasteiger partial charge in [0.15, 0.2) is 11.9 Å². The number of methoxy groups -OCH3 is 1. The lowest BCUT2D eigenvalue weighted by atomic mass is 10.0. The molecule has 272 valence electrons. The number of nitrogens with two attached hydrogens (primary N) is 5. The summed E-state index contributed by atoms with van der Waals surface area (Å²) in [6, 6.07) is 6.61. The number of halogens is 3. The molecule has 15 nitrogen and oxygen atoms in total. The Kier molecular flexibility index (Phi) is 16.3. The summed E-state index contributed by atoms with van der Waals surface area (Å²) in [5.41, 5.74) is 30.5. The van der Waals surface area contributed by atoms with Crippen LogP contribution < -0.4 is 49.4 Å². The third-order valence-electron chi connectivity index (χ3n) is 7.64. The molecular formula is C32H44Br3N11O4. The number of fused-ring (bicyclic) bond motifs is 1. The smallest absolute Gasteiger partial charge is 0.243 e. The number of nitrogens with zero attached hydrogens (tertiary/aromatic N) is 2. The van der Waals surface area contributed by atoms with Crippen LogP contribution in [0.15, 0.2) is 59.9 Å². The summed E-state index contributed by atoms with van der Waals surface area (Å²) in [6.45, 7) is 0.863. The lowest BCUT2D eigenvalue weighted by Crippen LogP contribution is -2.56. The van der Waals surface area contributed by atoms with E-state index < -0.39 is 35.8 Å². The standard InChI is InChI=1S/C32H44Br3N11O4/c1-50-27-21(34)12-17(13-22(27)35)8-11-41-29(48)24(5-3-10-43-32(39)40)45-30(49)26(46-28(47)23(36)4-2-9-42-31(37)38)14-18-16-44-25-15-19(33)6-7-20(18)25/h6-7,12-13,15-16,23-24,26,44H,2-5,8-11,14,36H2,1H3,(H,41,48)(H,45,49)(H,46,47)(H4,37,38,42)(H4,39,40,43)/t23-,24-,26-/m0/s1. The Morgan fingerprint density at radius 2 is 1.48 bits per heavy atom. The van der Waals surface area contributed by atoms with Crippen LogP contribution in [0.25, 0.3) is 10.9 Å². The van der Waals surface area contributed by atoms with Gasteiger partial charge in [0, 0.05) is 47.6 Å². The number of rotatable bonds is 19. The molecule has 0 aliphatic rings. The Morgan fingerprint density at radius 3 is 2.10 bits per heavy atom. The number of hydrogen-bond acceptors (Lipinski definition) is 7. The van der Waals surface area contributed by atoms with Gasteiger partial charge in [-0.15, -0.1) is 0 Å². The van der Waals surface area contributed by atoms with Crippen LogP contribution in [-0.4, -0.2) is 79.5 Å². The molecule has 0 radical (unpaired) electrons. The maximum absolute atomic E-state index is 13.9. The van der Waals surface area contributed by atoms with Crippen molar-refractivity contribution >= 4 is 88.3 Å². The first-order valence-electron chi connectivity index (χ1n) is 15.8. The second-order valence-electron chi connectivity index (χ2n) is 11.5. The Bertz CT molecular complexity index is 1670. The van der Waals surface area contributed by atoms with Crippen LogP contribution in [0.3, 0.4) is 0 Å². The molecule has 1 heterocycles. The zero-order chi connectivity index (χ0) is 36.8. The van der Waals surface area contributed by atoms with E-state index in [-0.39, 0.29) is 37.7 Å². The maximum atomic E-state index is 13.9. The minimum absolute atomic E-state index is 0.0516. The summed E-state index contributed by atoms with van der Waals surface area (Å²) in [4.78, 5) is 51.8. The molecule has 0 bridgehead atoms. The normalized spacial score (nSPS) is 12.7. The first-order valence-corrected chi connectivity index (χ1v) is 18.2. The van der Waals surface area contributed by atoms with Crippen molar-refractivity contribution in [1.29, 1.82) is 0 Å². The molecule has 3 atom stereocenters. The lowest BCUT2D eigenvalue weighted by Gasteiger charge is -2.24. The van der Waals surface area contributed by atoms with Crippen molar-refractivity contribution in [2.24, 2.45) is 38.7 Å². The number of carbonyl (C=O) groups is 3. The molecule has 14 N–H and O–H groups in total. The van der Waals surface area contributed by atoms with Crippen LogP contribution in [0.2, 0.25) is 0 Å². The Hall–Kier alpha value is -3.87.